The summed E-state index contributed by atoms with van der Waals surface area (Å²) in [6, 6.07) is 4.73. The minimum absolute atomic E-state index is 0.0162. The number of rotatable bonds is 4. The van der Waals surface area contributed by atoms with Crippen molar-refractivity contribution in [3.8, 4) is 0 Å². The van der Waals surface area contributed by atoms with Crippen LogP contribution in [0.25, 0.3) is 0 Å². The van der Waals surface area contributed by atoms with E-state index in [1.54, 1.807) is 0 Å². The van der Waals surface area contributed by atoms with Gasteiger partial charge in [0, 0.05) is 30.8 Å². The van der Waals surface area contributed by atoms with Crippen LogP contribution in [0.1, 0.15) is 36.0 Å². The van der Waals surface area contributed by atoms with Crippen LogP contribution in [0.15, 0.2) is 18.2 Å². The molecule has 0 radical (unpaired) electrons. The van der Waals surface area contributed by atoms with Gasteiger partial charge in [-0.3, -0.25) is 14.9 Å². The predicted octanol–water partition coefficient (Wildman–Crippen LogP) is 1.64. The van der Waals surface area contributed by atoms with Crippen molar-refractivity contribution in [3.63, 3.8) is 0 Å². The minimum Gasteiger partial charge on any atom is -0.377 e. The minimum atomic E-state index is -0.440. The normalized spacial score (nSPS) is 21.6. The summed E-state index contributed by atoms with van der Waals surface area (Å²) in [6.45, 7) is 0. The molecule has 0 saturated heterocycles. The van der Waals surface area contributed by atoms with Gasteiger partial charge in [0.1, 0.15) is 5.69 Å². The van der Waals surface area contributed by atoms with E-state index in [4.69, 9.17) is 5.73 Å². The molecule has 0 aromatic heterocycles. The monoisotopic (exact) mass is 292 g/mol. The fourth-order valence-corrected chi connectivity index (χ4v) is 2.58. The average Bonchev–Trinajstić information content (AvgIpc) is 2.48. The number of amides is 1. The van der Waals surface area contributed by atoms with Crippen molar-refractivity contribution in [1.29, 1.82) is 0 Å². The summed E-state index contributed by atoms with van der Waals surface area (Å²) in [6.07, 6.45) is 3.56. The fraction of sp³-hybridized carbons (Fsp3) is 0.500. The smallest absolute Gasteiger partial charge is 0.292 e. The molecule has 114 valence electrons. The molecule has 7 heteroatoms. The van der Waals surface area contributed by atoms with Gasteiger partial charge in [-0.2, -0.15) is 0 Å². The molecule has 0 spiro atoms. The molecule has 1 fully saturated rings. The number of nitrogens with two attached hydrogens (primary N) is 1. The summed E-state index contributed by atoms with van der Waals surface area (Å²) < 4.78 is 0. The lowest BCUT2D eigenvalue weighted by Crippen LogP contribution is -2.33. The van der Waals surface area contributed by atoms with E-state index in [-0.39, 0.29) is 23.7 Å². The standard InChI is InChI=1S/C14H20N4O3/c1-16-14(19)9-2-7-13(18(20)21)12(8-9)17-11-5-3-10(15)4-6-11/h2,7-8,10-11,17H,3-6,15H2,1H3,(H,16,19). The highest BCUT2D eigenvalue weighted by Crippen LogP contribution is 2.29. The van der Waals surface area contributed by atoms with Gasteiger partial charge in [0.2, 0.25) is 0 Å². The third kappa shape index (κ3) is 3.69. The van der Waals surface area contributed by atoms with Gasteiger partial charge in [0.25, 0.3) is 11.6 Å². The topological polar surface area (TPSA) is 110 Å². The second-order valence-electron chi connectivity index (χ2n) is 5.32. The Hall–Kier alpha value is -2.15. The summed E-state index contributed by atoms with van der Waals surface area (Å²) in [7, 11) is 1.53. The second kappa shape index (κ2) is 6.53. The van der Waals surface area contributed by atoms with Crippen molar-refractivity contribution in [1.82, 2.24) is 5.32 Å². The van der Waals surface area contributed by atoms with E-state index in [9.17, 15) is 14.9 Å². The zero-order chi connectivity index (χ0) is 15.4. The molecule has 0 unspecified atom stereocenters. The fourth-order valence-electron chi connectivity index (χ4n) is 2.58. The third-order valence-corrected chi connectivity index (χ3v) is 3.81. The lowest BCUT2D eigenvalue weighted by atomic mass is 9.91. The number of benzene rings is 1. The zero-order valence-electron chi connectivity index (χ0n) is 12.0. The SMILES string of the molecule is CNC(=O)c1ccc([N+](=O)[O-])c(NC2CCC(N)CC2)c1. The van der Waals surface area contributed by atoms with E-state index >= 15 is 0 Å². The van der Waals surface area contributed by atoms with Gasteiger partial charge in [-0.05, 0) is 37.8 Å². The van der Waals surface area contributed by atoms with E-state index in [1.807, 2.05) is 0 Å². The number of nitro groups is 1. The number of hydrogen-bond donors (Lipinski definition) is 3. The van der Waals surface area contributed by atoms with Crippen molar-refractivity contribution >= 4 is 17.3 Å². The molecule has 7 nitrogen and oxygen atoms in total. The summed E-state index contributed by atoms with van der Waals surface area (Å²) >= 11 is 0. The Morgan fingerprint density at radius 3 is 2.57 bits per heavy atom. The quantitative estimate of drug-likeness (QED) is 0.577. The van der Waals surface area contributed by atoms with E-state index in [0.29, 0.717) is 11.3 Å². The van der Waals surface area contributed by atoms with Crippen LogP contribution >= 0.6 is 0 Å². The summed E-state index contributed by atoms with van der Waals surface area (Å²) in [5, 5.41) is 16.8. The molecule has 1 amide bonds. The van der Waals surface area contributed by atoms with Crippen LogP contribution < -0.4 is 16.4 Å². The Balaban J connectivity index is 2.22. The molecule has 1 aliphatic rings. The number of carbonyl (C=O) groups excluding carboxylic acids is 1. The molecule has 21 heavy (non-hydrogen) atoms. The Morgan fingerprint density at radius 2 is 2.00 bits per heavy atom. The van der Waals surface area contributed by atoms with Gasteiger partial charge in [-0.1, -0.05) is 0 Å². The van der Waals surface area contributed by atoms with Gasteiger partial charge < -0.3 is 16.4 Å². The zero-order valence-corrected chi connectivity index (χ0v) is 12.0. The molecule has 4 N–H and O–H groups in total. The highest BCUT2D eigenvalue weighted by atomic mass is 16.6. The van der Waals surface area contributed by atoms with Gasteiger partial charge in [0.15, 0.2) is 0 Å². The first-order chi connectivity index (χ1) is 10.0. The molecule has 0 atom stereocenters. The molecule has 0 heterocycles. The molecule has 1 aromatic rings. The van der Waals surface area contributed by atoms with E-state index < -0.39 is 4.92 Å². The van der Waals surface area contributed by atoms with E-state index in [2.05, 4.69) is 10.6 Å². The highest BCUT2D eigenvalue weighted by molar-refractivity contribution is 5.95. The number of nitrogens with zero attached hydrogens (tertiary/aromatic N) is 1. The van der Waals surface area contributed by atoms with Crippen LogP contribution in [0.4, 0.5) is 11.4 Å². The Kier molecular flexibility index (Phi) is 4.74. The van der Waals surface area contributed by atoms with Crippen molar-refractivity contribution in [2.75, 3.05) is 12.4 Å². The molecule has 1 saturated carbocycles. The lowest BCUT2D eigenvalue weighted by Gasteiger charge is -2.27. The summed E-state index contributed by atoms with van der Waals surface area (Å²) in [4.78, 5) is 22.3. The maximum atomic E-state index is 11.7. The first kappa shape index (κ1) is 15.2. The van der Waals surface area contributed by atoms with Gasteiger partial charge in [-0.25, -0.2) is 0 Å². The number of nitrogens with one attached hydrogen (secondary N) is 2. The first-order valence-corrected chi connectivity index (χ1v) is 7.04. The highest BCUT2D eigenvalue weighted by Gasteiger charge is 2.22. The molecule has 1 aromatic carbocycles. The average molecular weight is 292 g/mol. The number of nitro benzene ring substituents is 1. The van der Waals surface area contributed by atoms with Crippen LogP contribution in [0.3, 0.4) is 0 Å². The van der Waals surface area contributed by atoms with Crippen LogP contribution in [-0.4, -0.2) is 30.0 Å². The van der Waals surface area contributed by atoms with Crippen molar-refractivity contribution in [2.45, 2.75) is 37.8 Å². The van der Waals surface area contributed by atoms with Gasteiger partial charge >= 0.3 is 0 Å². The molecule has 1 aliphatic carbocycles. The second-order valence-corrected chi connectivity index (χ2v) is 5.32. The maximum absolute atomic E-state index is 11.7. The Morgan fingerprint density at radius 1 is 1.33 bits per heavy atom. The van der Waals surface area contributed by atoms with E-state index in [0.717, 1.165) is 25.7 Å². The maximum Gasteiger partial charge on any atom is 0.292 e. The number of hydrogen-bond acceptors (Lipinski definition) is 5. The molecule has 2 rings (SSSR count). The van der Waals surface area contributed by atoms with Crippen molar-refractivity contribution < 1.29 is 9.72 Å². The Bertz CT molecular complexity index is 539. The third-order valence-electron chi connectivity index (χ3n) is 3.81. The van der Waals surface area contributed by atoms with Gasteiger partial charge in [0.05, 0.1) is 4.92 Å². The summed E-state index contributed by atoms with van der Waals surface area (Å²) in [5.41, 5.74) is 6.64. The number of anilines is 1. The van der Waals surface area contributed by atoms with Crippen LogP contribution in [0.5, 0.6) is 0 Å². The number of carbonyl (C=O) groups is 1. The van der Waals surface area contributed by atoms with Gasteiger partial charge in [-0.15, -0.1) is 0 Å². The molecule has 0 bridgehead atoms. The van der Waals surface area contributed by atoms with E-state index in [1.165, 1.54) is 25.2 Å². The molecular formula is C14H20N4O3. The van der Waals surface area contributed by atoms with Crippen LogP contribution in [0, 0.1) is 10.1 Å². The summed E-state index contributed by atoms with van der Waals surface area (Å²) in [5.74, 6) is -0.265. The first-order valence-electron chi connectivity index (χ1n) is 7.04. The Labute approximate surface area is 123 Å². The predicted molar refractivity (Wildman–Crippen MR) is 80.3 cm³/mol. The largest absolute Gasteiger partial charge is 0.377 e. The van der Waals surface area contributed by atoms with Crippen LogP contribution in [0.2, 0.25) is 0 Å². The molecule has 0 aliphatic heterocycles. The van der Waals surface area contributed by atoms with Crippen molar-refractivity contribution in [2.24, 2.45) is 5.73 Å². The lowest BCUT2D eigenvalue weighted by molar-refractivity contribution is -0.384. The van der Waals surface area contributed by atoms with Crippen molar-refractivity contribution in [3.05, 3.63) is 33.9 Å². The molecular weight excluding hydrogens is 272 g/mol. The van der Waals surface area contributed by atoms with Crippen LogP contribution in [-0.2, 0) is 0 Å².